The first-order valence-electron chi connectivity index (χ1n) is 10.3. The monoisotopic (exact) mass is 388 g/mol. The van der Waals surface area contributed by atoms with Crippen LogP contribution >= 0.6 is 0 Å². The molecule has 4 nitrogen and oxygen atoms in total. The van der Waals surface area contributed by atoms with E-state index in [1.807, 2.05) is 48.5 Å². The fraction of sp³-hybridized carbons (Fsp3) is 0.458. The van der Waals surface area contributed by atoms with E-state index in [0.717, 1.165) is 37.7 Å². The molecule has 152 valence electrons. The summed E-state index contributed by atoms with van der Waals surface area (Å²) in [5.74, 6) is 0.720. The minimum Gasteiger partial charge on any atom is -0.482 e. The third kappa shape index (κ3) is 10.1. The van der Waals surface area contributed by atoms with Crippen LogP contribution in [0, 0.1) is 5.41 Å². The van der Waals surface area contributed by atoms with Gasteiger partial charge in [0.25, 0.3) is 0 Å². The second-order valence-corrected chi connectivity index (χ2v) is 7.18. The third-order valence-corrected chi connectivity index (χ3v) is 4.49. The van der Waals surface area contributed by atoms with E-state index in [-0.39, 0.29) is 18.9 Å². The molecule has 0 saturated carbocycles. The van der Waals surface area contributed by atoms with E-state index in [2.05, 4.69) is 25.2 Å². The summed E-state index contributed by atoms with van der Waals surface area (Å²) in [5, 5.41) is 12.5. The van der Waals surface area contributed by atoms with Crippen molar-refractivity contribution in [3.8, 4) is 0 Å². The number of hydrogen-bond acceptors (Lipinski definition) is 3. The van der Waals surface area contributed by atoms with Gasteiger partial charge in [0.15, 0.2) is 0 Å². The van der Waals surface area contributed by atoms with Gasteiger partial charge in [-0.05, 0) is 48.4 Å². The Morgan fingerprint density at radius 3 is 1.72 bits per heavy atom. The first-order valence-corrected chi connectivity index (χ1v) is 10.3. The quantitative estimate of drug-likeness (QED) is 0.498. The molecule has 2 heterocycles. The number of amidine groups is 1. The number of ether oxygens (including phenoxy) is 2. The van der Waals surface area contributed by atoms with Gasteiger partial charge < -0.3 is 20.2 Å². The number of nitrogens with zero attached hydrogens (tertiary/aromatic N) is 1. The van der Waals surface area contributed by atoms with Crippen molar-refractivity contribution in [2.45, 2.75) is 45.4 Å². The summed E-state index contributed by atoms with van der Waals surface area (Å²) >= 11 is 0. The zero-order chi connectivity index (χ0) is 20.0. The minimum absolute atomic E-state index is 0. The Labute approximate surface area is 188 Å². The molecule has 2 aliphatic rings. The maximum absolute atomic E-state index is 8.04. The van der Waals surface area contributed by atoms with Crippen LogP contribution in [0.2, 0.25) is 0 Å². The number of rotatable bonds is 3. The Morgan fingerprint density at radius 2 is 1.28 bits per heavy atom. The first-order chi connectivity index (χ1) is 13.7. The van der Waals surface area contributed by atoms with Gasteiger partial charge in [-0.15, -0.1) is 0 Å². The summed E-state index contributed by atoms with van der Waals surface area (Å²) in [6, 6.07) is 17.6. The maximum Gasteiger partial charge on any atom is 1.00 e. The van der Waals surface area contributed by atoms with Gasteiger partial charge >= 0.3 is 18.9 Å². The summed E-state index contributed by atoms with van der Waals surface area (Å²) in [6.45, 7) is 8.28. The van der Waals surface area contributed by atoms with Crippen molar-refractivity contribution >= 4 is 11.5 Å². The molecule has 0 unspecified atom stereocenters. The predicted octanol–water partition coefficient (Wildman–Crippen LogP) is 3.44. The van der Waals surface area contributed by atoms with Crippen LogP contribution < -0.4 is 18.9 Å². The van der Waals surface area contributed by atoms with Crippen molar-refractivity contribution in [1.82, 2.24) is 0 Å². The minimum atomic E-state index is 0. The molecule has 0 amide bonds. The summed E-state index contributed by atoms with van der Waals surface area (Å²) in [7, 11) is 0. The molecule has 1 N–H and O–H groups in total. The van der Waals surface area contributed by atoms with Crippen LogP contribution in [0.1, 0.15) is 56.6 Å². The molecule has 2 saturated heterocycles. The molecule has 29 heavy (non-hydrogen) atoms. The Morgan fingerprint density at radius 1 is 0.793 bits per heavy atom. The van der Waals surface area contributed by atoms with Crippen LogP contribution in [0.3, 0.4) is 0 Å². The zero-order valence-corrected chi connectivity index (χ0v) is 18.2. The second kappa shape index (κ2) is 15.3. The molecule has 2 fully saturated rings. The number of benzene rings is 2. The van der Waals surface area contributed by atoms with Crippen LogP contribution in [-0.4, -0.2) is 32.3 Å². The average molecular weight is 388 g/mol. The number of para-hydroxylation sites is 1. The van der Waals surface area contributed by atoms with Gasteiger partial charge in [-0.1, -0.05) is 74.3 Å². The van der Waals surface area contributed by atoms with Gasteiger partial charge in [-0.25, -0.2) is 0 Å². The van der Waals surface area contributed by atoms with Crippen LogP contribution in [0.25, 0.3) is 5.32 Å². The molecule has 2 aromatic rings. The molecule has 0 spiro atoms. The standard InChI is InChI=1S/C16H17N2.2C4H8O.Li/c1-12(2)14-10-6-7-11-15(14)18-16(17)13-8-4-3-5-9-13;2*1-2-4-5-3-1;/h3-12H,1-2H3,(H-,17,18);2*1-4H2;/q-1;;;+1. The van der Waals surface area contributed by atoms with Crippen molar-refractivity contribution in [3.63, 3.8) is 0 Å². The van der Waals surface area contributed by atoms with E-state index in [4.69, 9.17) is 14.9 Å². The van der Waals surface area contributed by atoms with Gasteiger partial charge in [-0.2, -0.15) is 0 Å². The number of nitrogens with one attached hydrogen (secondary N) is 1. The Balaban J connectivity index is 0.000000311. The third-order valence-electron chi connectivity index (χ3n) is 4.49. The molecule has 0 bridgehead atoms. The summed E-state index contributed by atoms with van der Waals surface area (Å²) in [6.07, 6.45) is 5.11. The van der Waals surface area contributed by atoms with Crippen molar-refractivity contribution in [3.05, 3.63) is 71.0 Å². The van der Waals surface area contributed by atoms with Gasteiger partial charge in [-0.3, -0.25) is 0 Å². The SMILES string of the molecule is C1CCOC1.C1CCOC1.CC(C)c1ccccc1[N-]C(=N)c1ccccc1.[Li+]. The van der Waals surface area contributed by atoms with Gasteiger partial charge in [0.1, 0.15) is 0 Å². The molecule has 0 aromatic heterocycles. The largest absolute Gasteiger partial charge is 1.00 e. The van der Waals surface area contributed by atoms with Crippen LogP contribution in [0.15, 0.2) is 54.6 Å². The van der Waals surface area contributed by atoms with Crippen LogP contribution in [0.4, 0.5) is 5.69 Å². The Kier molecular flexibility index (Phi) is 13.4. The average Bonchev–Trinajstić information content (AvgIpc) is 3.47. The molecule has 0 radical (unpaired) electrons. The van der Waals surface area contributed by atoms with Gasteiger partial charge in [0.05, 0.1) is 0 Å². The predicted molar refractivity (Wildman–Crippen MR) is 117 cm³/mol. The van der Waals surface area contributed by atoms with E-state index in [1.165, 1.54) is 31.2 Å². The second-order valence-electron chi connectivity index (χ2n) is 7.18. The van der Waals surface area contributed by atoms with E-state index in [1.54, 1.807) is 0 Å². The molecular weight excluding hydrogens is 355 g/mol. The maximum atomic E-state index is 8.04. The summed E-state index contributed by atoms with van der Waals surface area (Å²) in [4.78, 5) is 0. The Bertz CT molecular complexity index is 659. The molecule has 4 rings (SSSR count). The van der Waals surface area contributed by atoms with E-state index < -0.39 is 0 Å². The van der Waals surface area contributed by atoms with Crippen LogP contribution in [-0.2, 0) is 9.47 Å². The van der Waals surface area contributed by atoms with E-state index in [9.17, 15) is 0 Å². The fourth-order valence-electron chi connectivity index (χ4n) is 2.88. The van der Waals surface area contributed by atoms with Crippen LogP contribution in [0.5, 0.6) is 0 Å². The summed E-state index contributed by atoms with van der Waals surface area (Å²) in [5.41, 5.74) is 2.91. The zero-order valence-electron chi connectivity index (χ0n) is 18.2. The smallest absolute Gasteiger partial charge is 0.482 e. The molecule has 0 atom stereocenters. The van der Waals surface area contributed by atoms with Crippen molar-refractivity contribution in [2.24, 2.45) is 0 Å². The van der Waals surface area contributed by atoms with Gasteiger partial charge in [0.2, 0.25) is 0 Å². The fourth-order valence-corrected chi connectivity index (χ4v) is 2.88. The molecular formula is C24H33LiN2O2. The number of hydrogen-bond donors (Lipinski definition) is 1. The molecule has 2 aliphatic heterocycles. The van der Waals surface area contributed by atoms with Crippen molar-refractivity contribution in [2.75, 3.05) is 26.4 Å². The topological polar surface area (TPSA) is 56.4 Å². The van der Waals surface area contributed by atoms with E-state index >= 15 is 0 Å². The van der Waals surface area contributed by atoms with Crippen molar-refractivity contribution < 1.29 is 28.3 Å². The molecule has 2 aromatic carbocycles. The molecule has 0 aliphatic carbocycles. The summed E-state index contributed by atoms with van der Waals surface area (Å²) < 4.78 is 9.89. The van der Waals surface area contributed by atoms with Gasteiger partial charge in [0, 0.05) is 26.4 Å². The van der Waals surface area contributed by atoms with Crippen molar-refractivity contribution in [1.29, 1.82) is 5.41 Å². The van der Waals surface area contributed by atoms with E-state index in [0.29, 0.717) is 11.8 Å². The first kappa shape index (κ1) is 25.5. The normalized spacial score (nSPS) is 14.7. The Hall–Kier alpha value is -1.57. The molecule has 5 heteroatoms.